The Hall–Kier alpha value is -2.53. The number of piperidine rings is 1. The van der Waals surface area contributed by atoms with Crippen LogP contribution in [-0.4, -0.2) is 40.7 Å². The van der Waals surface area contributed by atoms with Crippen LogP contribution in [0, 0.1) is 12.7 Å². The van der Waals surface area contributed by atoms with E-state index in [0.717, 1.165) is 36.2 Å². The van der Waals surface area contributed by atoms with Crippen LogP contribution < -0.4 is 0 Å². The average molecular weight is 394 g/mol. The predicted molar refractivity (Wildman–Crippen MR) is 113 cm³/mol. The number of carbonyl (C=O) groups excluding carboxylic acids is 1. The number of amides is 1. The summed E-state index contributed by atoms with van der Waals surface area (Å²) in [5.41, 5.74) is 3.74. The van der Waals surface area contributed by atoms with Crippen molar-refractivity contribution in [3.8, 4) is 0 Å². The number of hydrogen-bond donors (Lipinski definition) is 0. The average Bonchev–Trinajstić information content (AvgIpc) is 3.16. The minimum atomic E-state index is -0.288. The number of carbonyl (C=O) groups is 1. The van der Waals surface area contributed by atoms with Crippen LogP contribution in [0.5, 0.6) is 0 Å². The second kappa shape index (κ2) is 8.46. The molecule has 1 saturated heterocycles. The summed E-state index contributed by atoms with van der Waals surface area (Å²) >= 11 is 0. The van der Waals surface area contributed by atoms with Crippen LogP contribution in [0.1, 0.15) is 55.3 Å². The highest BCUT2D eigenvalue weighted by molar-refractivity contribution is 6.03. The van der Waals surface area contributed by atoms with E-state index in [-0.39, 0.29) is 17.8 Å². The lowest BCUT2D eigenvalue weighted by Crippen LogP contribution is -2.44. The smallest absolute Gasteiger partial charge is 0.257 e. The number of nitrogens with zero attached hydrogens (tertiary/aromatic N) is 3. The van der Waals surface area contributed by atoms with Crippen molar-refractivity contribution in [2.45, 2.75) is 51.6 Å². The lowest BCUT2D eigenvalue weighted by molar-refractivity contribution is -0.135. The van der Waals surface area contributed by atoms with E-state index in [4.69, 9.17) is 0 Å². The van der Waals surface area contributed by atoms with Gasteiger partial charge in [0.15, 0.2) is 0 Å². The van der Waals surface area contributed by atoms with Gasteiger partial charge < -0.3 is 0 Å². The van der Waals surface area contributed by atoms with E-state index < -0.39 is 0 Å². The largest absolute Gasteiger partial charge is 0.292 e. The maximum absolute atomic E-state index is 13.8. The second-order valence-corrected chi connectivity index (χ2v) is 8.24. The van der Waals surface area contributed by atoms with E-state index in [0.29, 0.717) is 19.0 Å². The summed E-state index contributed by atoms with van der Waals surface area (Å²) in [5, 5.41) is 6.31. The third-order valence-corrected chi connectivity index (χ3v) is 6.06. The molecule has 2 heterocycles. The summed E-state index contributed by atoms with van der Waals surface area (Å²) in [6, 6.07) is 15.0. The van der Waals surface area contributed by atoms with Gasteiger partial charge in [-0.3, -0.25) is 9.69 Å². The van der Waals surface area contributed by atoms with Crippen molar-refractivity contribution in [1.29, 1.82) is 0 Å². The Morgan fingerprint density at radius 1 is 1.17 bits per heavy atom. The monoisotopic (exact) mass is 393 g/mol. The quantitative estimate of drug-likeness (QED) is 0.756. The Bertz CT molecular complexity index is 909. The maximum Gasteiger partial charge on any atom is 0.257 e. The number of halogens is 1. The molecule has 0 spiro atoms. The number of hydrazone groups is 1. The van der Waals surface area contributed by atoms with Gasteiger partial charge in [-0.25, -0.2) is 9.40 Å². The van der Waals surface area contributed by atoms with Gasteiger partial charge in [0.25, 0.3) is 5.91 Å². The maximum atomic E-state index is 13.8. The van der Waals surface area contributed by atoms with Crippen molar-refractivity contribution in [2.75, 3.05) is 13.1 Å². The summed E-state index contributed by atoms with van der Waals surface area (Å²) in [5.74, 6) is -0.278. The van der Waals surface area contributed by atoms with Crippen LogP contribution in [0.25, 0.3) is 0 Å². The lowest BCUT2D eigenvalue weighted by atomic mass is 9.97. The molecular weight excluding hydrogens is 365 g/mol. The van der Waals surface area contributed by atoms with Gasteiger partial charge >= 0.3 is 0 Å². The third kappa shape index (κ3) is 4.40. The van der Waals surface area contributed by atoms with Crippen LogP contribution in [0.15, 0.2) is 53.6 Å². The van der Waals surface area contributed by atoms with Gasteiger partial charge in [0.2, 0.25) is 0 Å². The molecular formula is C24H28FN3O. The fourth-order valence-corrected chi connectivity index (χ4v) is 4.27. The molecule has 1 amide bonds. The number of rotatable bonds is 4. The van der Waals surface area contributed by atoms with E-state index in [9.17, 15) is 9.18 Å². The van der Waals surface area contributed by atoms with E-state index in [1.54, 1.807) is 11.1 Å². The first-order valence-corrected chi connectivity index (χ1v) is 10.5. The van der Waals surface area contributed by atoms with Gasteiger partial charge in [0.1, 0.15) is 5.82 Å². The summed E-state index contributed by atoms with van der Waals surface area (Å²) in [6.45, 7) is 5.57. The van der Waals surface area contributed by atoms with Gasteiger partial charge in [-0.2, -0.15) is 5.10 Å². The molecule has 2 aromatic carbocycles. The first kappa shape index (κ1) is 19.8. The van der Waals surface area contributed by atoms with Crippen LogP contribution in [0.2, 0.25) is 0 Å². The summed E-state index contributed by atoms with van der Waals surface area (Å²) in [4.78, 5) is 15.5. The second-order valence-electron chi connectivity index (χ2n) is 8.24. The molecule has 5 heteroatoms. The predicted octanol–water partition coefficient (Wildman–Crippen LogP) is 4.69. The van der Waals surface area contributed by atoms with Crippen LogP contribution in [-0.2, 0) is 4.79 Å². The van der Waals surface area contributed by atoms with Crippen molar-refractivity contribution < 1.29 is 9.18 Å². The molecule has 2 atom stereocenters. The normalized spacial score (nSPS) is 22.6. The molecule has 0 unspecified atom stereocenters. The molecule has 0 aliphatic carbocycles. The molecule has 0 aromatic heterocycles. The molecule has 0 bridgehead atoms. The van der Waals surface area contributed by atoms with Gasteiger partial charge in [0.05, 0.1) is 18.3 Å². The standard InChI is InChI=1S/C24H28FN3O/c1-17-9-11-19(12-10-17)23-15-22(20-7-5-8-21(25)14-20)26-28(23)24(29)16-27-13-4-3-6-18(27)2/h5,7-12,14,18,23H,3-4,6,13,15-16H2,1-2H3/t18-,23-/m0/s1. The highest BCUT2D eigenvalue weighted by Crippen LogP contribution is 2.33. The SMILES string of the molecule is Cc1ccc([C@@H]2CC(c3cccc(F)c3)=NN2C(=O)CN2CCCC[C@@H]2C)cc1. The third-order valence-electron chi connectivity index (χ3n) is 6.06. The number of aryl methyl sites for hydroxylation is 1. The van der Waals surface area contributed by atoms with Crippen LogP contribution in [0.4, 0.5) is 4.39 Å². The molecule has 4 rings (SSSR count). The fourth-order valence-electron chi connectivity index (χ4n) is 4.27. The van der Waals surface area contributed by atoms with E-state index in [2.05, 4.69) is 41.2 Å². The van der Waals surface area contributed by atoms with Crippen molar-refractivity contribution >= 4 is 11.6 Å². The Morgan fingerprint density at radius 2 is 1.97 bits per heavy atom. The van der Waals surface area contributed by atoms with Gasteiger partial charge in [-0.1, -0.05) is 48.4 Å². The van der Waals surface area contributed by atoms with E-state index >= 15 is 0 Å². The Labute approximate surface area is 172 Å². The van der Waals surface area contributed by atoms with E-state index in [1.807, 2.05) is 13.0 Å². The molecule has 152 valence electrons. The Kier molecular flexibility index (Phi) is 5.76. The summed E-state index contributed by atoms with van der Waals surface area (Å²) in [6.07, 6.45) is 4.08. The van der Waals surface area contributed by atoms with E-state index in [1.165, 1.54) is 24.1 Å². The molecule has 0 saturated carbocycles. The zero-order valence-electron chi connectivity index (χ0n) is 17.1. The minimum absolute atomic E-state index is 0.00993. The highest BCUT2D eigenvalue weighted by Gasteiger charge is 2.34. The van der Waals surface area contributed by atoms with Gasteiger partial charge in [0, 0.05) is 18.0 Å². The molecule has 2 aliphatic rings. The summed E-state index contributed by atoms with van der Waals surface area (Å²) < 4.78 is 13.8. The molecule has 2 aliphatic heterocycles. The number of hydrogen-bond acceptors (Lipinski definition) is 3. The minimum Gasteiger partial charge on any atom is -0.292 e. The molecule has 0 N–H and O–H groups in total. The fraction of sp³-hybridized carbons (Fsp3) is 0.417. The number of benzene rings is 2. The van der Waals surface area contributed by atoms with Crippen molar-refractivity contribution in [1.82, 2.24) is 9.91 Å². The highest BCUT2D eigenvalue weighted by atomic mass is 19.1. The first-order valence-electron chi connectivity index (χ1n) is 10.5. The Morgan fingerprint density at radius 3 is 2.69 bits per heavy atom. The Balaban J connectivity index is 1.61. The molecule has 29 heavy (non-hydrogen) atoms. The van der Waals surface area contributed by atoms with Crippen molar-refractivity contribution in [3.63, 3.8) is 0 Å². The van der Waals surface area contributed by atoms with Crippen molar-refractivity contribution in [2.24, 2.45) is 5.10 Å². The van der Waals surface area contributed by atoms with Gasteiger partial charge in [-0.15, -0.1) is 0 Å². The first-order chi connectivity index (χ1) is 14.0. The van der Waals surface area contributed by atoms with Crippen LogP contribution >= 0.6 is 0 Å². The lowest BCUT2D eigenvalue weighted by Gasteiger charge is -2.34. The van der Waals surface area contributed by atoms with Crippen molar-refractivity contribution in [3.05, 3.63) is 71.0 Å². The molecule has 0 radical (unpaired) electrons. The molecule has 4 nitrogen and oxygen atoms in total. The summed E-state index contributed by atoms with van der Waals surface area (Å²) in [7, 11) is 0. The zero-order valence-corrected chi connectivity index (χ0v) is 17.1. The molecule has 1 fully saturated rings. The van der Waals surface area contributed by atoms with Gasteiger partial charge in [-0.05, 0) is 50.9 Å². The topological polar surface area (TPSA) is 35.9 Å². The van der Waals surface area contributed by atoms with Crippen LogP contribution in [0.3, 0.4) is 0 Å². The molecule has 2 aromatic rings. The number of likely N-dealkylation sites (tertiary alicyclic amines) is 1. The zero-order chi connectivity index (χ0) is 20.4.